The molecule has 3 aromatic rings. The van der Waals surface area contributed by atoms with Gasteiger partial charge in [-0.1, -0.05) is 13.0 Å². The van der Waals surface area contributed by atoms with Gasteiger partial charge < -0.3 is 5.11 Å². The Morgan fingerprint density at radius 2 is 2.20 bits per heavy atom. The molecular weight excluding hydrogens is 356 g/mol. The van der Waals surface area contributed by atoms with Gasteiger partial charge in [0, 0.05) is 34.7 Å². The second kappa shape index (κ2) is 7.49. The number of hydrogen-bond donors (Lipinski definition) is 1. The second-order valence-electron chi connectivity index (χ2n) is 5.92. The molecule has 3 aromatic heterocycles. The normalized spacial score (nSPS) is 11.3. The Hall–Kier alpha value is -1.99. The Morgan fingerprint density at radius 1 is 1.40 bits per heavy atom. The summed E-state index contributed by atoms with van der Waals surface area (Å²) in [6.45, 7) is 4.46. The average molecular weight is 377 g/mol. The number of aryl methyl sites for hydroxylation is 2. The summed E-state index contributed by atoms with van der Waals surface area (Å²) in [6.07, 6.45) is 2.08. The zero-order chi connectivity index (χ0) is 18.0. The molecule has 132 valence electrons. The van der Waals surface area contributed by atoms with Crippen molar-refractivity contribution >= 4 is 38.9 Å². The van der Waals surface area contributed by atoms with Crippen molar-refractivity contribution in [1.82, 2.24) is 9.55 Å². The molecule has 0 aliphatic carbocycles. The van der Waals surface area contributed by atoms with Crippen LogP contribution in [0, 0.1) is 6.92 Å². The van der Waals surface area contributed by atoms with Crippen LogP contribution in [0.3, 0.4) is 0 Å². The molecule has 0 unspecified atom stereocenters. The fourth-order valence-corrected chi connectivity index (χ4v) is 4.93. The predicted molar refractivity (Wildman–Crippen MR) is 103 cm³/mol. The van der Waals surface area contributed by atoms with E-state index in [1.807, 2.05) is 24.4 Å². The van der Waals surface area contributed by atoms with E-state index in [4.69, 9.17) is 10.1 Å². The Morgan fingerprint density at radius 3 is 2.84 bits per heavy atom. The summed E-state index contributed by atoms with van der Waals surface area (Å²) in [5.74, 6) is -0.0888. The molecule has 0 aliphatic heterocycles. The standard InChI is InChI=1S/C18H20N2O3S2/c1-3-6-13-19-17-16(18(23)20(13)9-4-8-14(21)22)15(11(2)25-17)12-7-5-10-24-12/h5,7,10H,3-4,6,8-9H2,1-2H3,(H,21,22). The summed E-state index contributed by atoms with van der Waals surface area (Å²) in [5, 5.41) is 11.5. The van der Waals surface area contributed by atoms with Gasteiger partial charge in [-0.2, -0.15) is 0 Å². The van der Waals surface area contributed by atoms with Crippen LogP contribution in [0.4, 0.5) is 0 Å². The Balaban J connectivity index is 2.17. The maximum absolute atomic E-state index is 13.2. The number of rotatable bonds is 7. The van der Waals surface area contributed by atoms with E-state index in [1.54, 1.807) is 27.2 Å². The van der Waals surface area contributed by atoms with Crippen molar-refractivity contribution in [2.75, 3.05) is 0 Å². The number of aromatic nitrogens is 2. The van der Waals surface area contributed by atoms with E-state index >= 15 is 0 Å². The fraction of sp³-hybridized carbons (Fsp3) is 0.389. The number of hydrogen-bond acceptors (Lipinski definition) is 5. The van der Waals surface area contributed by atoms with Crippen molar-refractivity contribution in [2.24, 2.45) is 0 Å². The third kappa shape index (κ3) is 3.52. The highest BCUT2D eigenvalue weighted by Crippen LogP contribution is 2.38. The molecule has 0 radical (unpaired) electrons. The molecule has 5 nitrogen and oxygen atoms in total. The zero-order valence-electron chi connectivity index (χ0n) is 14.2. The van der Waals surface area contributed by atoms with Gasteiger partial charge in [0.15, 0.2) is 0 Å². The zero-order valence-corrected chi connectivity index (χ0v) is 15.9. The van der Waals surface area contributed by atoms with Gasteiger partial charge in [0.1, 0.15) is 10.7 Å². The molecule has 7 heteroatoms. The highest BCUT2D eigenvalue weighted by Gasteiger charge is 2.20. The van der Waals surface area contributed by atoms with Gasteiger partial charge >= 0.3 is 5.97 Å². The molecule has 0 aliphatic rings. The minimum absolute atomic E-state index is 0.0495. The number of carboxylic acid groups (broad SMARTS) is 1. The number of thiophene rings is 2. The first-order chi connectivity index (χ1) is 12.0. The number of carbonyl (C=O) groups is 1. The number of carboxylic acids is 1. The first-order valence-electron chi connectivity index (χ1n) is 8.31. The summed E-state index contributed by atoms with van der Waals surface area (Å²) in [5.41, 5.74) is 0.925. The van der Waals surface area contributed by atoms with Gasteiger partial charge in [-0.15, -0.1) is 22.7 Å². The molecular formula is C18H20N2O3S2. The molecule has 0 amide bonds. The molecule has 25 heavy (non-hydrogen) atoms. The van der Waals surface area contributed by atoms with Crippen molar-refractivity contribution in [3.8, 4) is 10.4 Å². The van der Waals surface area contributed by atoms with Crippen molar-refractivity contribution in [3.63, 3.8) is 0 Å². The number of nitrogens with zero attached hydrogens (tertiary/aromatic N) is 2. The van der Waals surface area contributed by atoms with Gasteiger partial charge in [-0.3, -0.25) is 14.2 Å². The average Bonchev–Trinajstić information content (AvgIpc) is 3.17. The molecule has 3 heterocycles. The Labute approximate surface area is 153 Å². The van der Waals surface area contributed by atoms with Crippen LogP contribution in [0.1, 0.15) is 36.9 Å². The van der Waals surface area contributed by atoms with Crippen LogP contribution >= 0.6 is 22.7 Å². The van der Waals surface area contributed by atoms with E-state index < -0.39 is 5.97 Å². The van der Waals surface area contributed by atoms with Gasteiger partial charge in [0.25, 0.3) is 5.56 Å². The molecule has 0 fully saturated rings. The quantitative estimate of drug-likeness (QED) is 0.667. The maximum Gasteiger partial charge on any atom is 0.303 e. The minimum atomic E-state index is -0.843. The van der Waals surface area contributed by atoms with Gasteiger partial charge in [-0.05, 0) is 31.2 Å². The molecule has 0 saturated carbocycles. The first kappa shape index (κ1) is 17.8. The Bertz CT molecular complexity index is 955. The van der Waals surface area contributed by atoms with Gasteiger partial charge in [0.05, 0.1) is 5.39 Å². The van der Waals surface area contributed by atoms with Crippen molar-refractivity contribution in [2.45, 2.75) is 46.1 Å². The first-order valence-corrected chi connectivity index (χ1v) is 10.0. The highest BCUT2D eigenvalue weighted by molar-refractivity contribution is 7.20. The predicted octanol–water partition coefficient (Wildman–Crippen LogP) is 4.31. The molecule has 0 spiro atoms. The largest absolute Gasteiger partial charge is 0.481 e. The molecule has 0 atom stereocenters. The van der Waals surface area contributed by atoms with Gasteiger partial charge in [0.2, 0.25) is 0 Å². The van der Waals surface area contributed by atoms with Crippen LogP contribution < -0.4 is 5.56 Å². The van der Waals surface area contributed by atoms with Crippen LogP contribution in [-0.4, -0.2) is 20.6 Å². The summed E-state index contributed by atoms with van der Waals surface area (Å²) in [6, 6.07) is 4.00. The molecule has 1 N–H and O–H groups in total. The van der Waals surface area contributed by atoms with Crippen LogP contribution in [0.15, 0.2) is 22.3 Å². The Kier molecular flexibility index (Phi) is 5.34. The fourth-order valence-electron chi connectivity index (χ4n) is 2.99. The minimum Gasteiger partial charge on any atom is -0.481 e. The molecule has 0 bridgehead atoms. The maximum atomic E-state index is 13.2. The lowest BCUT2D eigenvalue weighted by Gasteiger charge is -2.11. The van der Waals surface area contributed by atoms with E-state index in [0.717, 1.165) is 32.4 Å². The van der Waals surface area contributed by atoms with E-state index in [9.17, 15) is 9.59 Å². The number of aliphatic carboxylic acids is 1. The topological polar surface area (TPSA) is 72.2 Å². The second-order valence-corrected chi connectivity index (χ2v) is 8.07. The van der Waals surface area contributed by atoms with Gasteiger partial charge in [-0.25, -0.2) is 4.98 Å². The lowest BCUT2D eigenvalue weighted by molar-refractivity contribution is -0.137. The van der Waals surface area contributed by atoms with E-state index in [0.29, 0.717) is 24.8 Å². The lowest BCUT2D eigenvalue weighted by atomic mass is 10.1. The highest BCUT2D eigenvalue weighted by atomic mass is 32.1. The van der Waals surface area contributed by atoms with E-state index in [-0.39, 0.29) is 12.0 Å². The van der Waals surface area contributed by atoms with Crippen molar-refractivity contribution < 1.29 is 9.90 Å². The van der Waals surface area contributed by atoms with Crippen LogP contribution in [0.5, 0.6) is 0 Å². The van der Waals surface area contributed by atoms with Crippen molar-refractivity contribution in [1.29, 1.82) is 0 Å². The summed E-state index contributed by atoms with van der Waals surface area (Å²) < 4.78 is 1.68. The SMILES string of the molecule is CCCc1nc2sc(C)c(-c3cccs3)c2c(=O)n1CCCC(=O)O. The third-order valence-corrected chi connectivity index (χ3v) is 5.97. The van der Waals surface area contributed by atoms with Crippen LogP contribution in [0.25, 0.3) is 20.7 Å². The monoisotopic (exact) mass is 376 g/mol. The summed E-state index contributed by atoms with van der Waals surface area (Å²) in [7, 11) is 0. The summed E-state index contributed by atoms with van der Waals surface area (Å²) in [4.78, 5) is 31.7. The molecule has 0 aromatic carbocycles. The number of fused-ring (bicyclic) bond motifs is 1. The molecule has 0 saturated heterocycles. The smallest absolute Gasteiger partial charge is 0.303 e. The van der Waals surface area contributed by atoms with Crippen molar-refractivity contribution in [3.05, 3.63) is 38.6 Å². The van der Waals surface area contributed by atoms with Crippen LogP contribution in [0.2, 0.25) is 0 Å². The third-order valence-electron chi connectivity index (χ3n) is 4.08. The van der Waals surface area contributed by atoms with E-state index in [1.165, 1.54) is 0 Å². The van der Waals surface area contributed by atoms with Crippen LogP contribution in [-0.2, 0) is 17.8 Å². The lowest BCUT2D eigenvalue weighted by Crippen LogP contribution is -2.25. The molecule has 3 rings (SSSR count). The summed E-state index contributed by atoms with van der Waals surface area (Å²) >= 11 is 3.17. The van der Waals surface area contributed by atoms with E-state index in [2.05, 4.69) is 6.92 Å².